The number of likely N-dealkylation sites (tertiary alicyclic amines) is 1. The van der Waals surface area contributed by atoms with Crippen molar-refractivity contribution in [2.24, 2.45) is 0 Å². The minimum atomic E-state index is 0.257. The maximum absolute atomic E-state index is 12.7. The van der Waals surface area contributed by atoms with E-state index in [4.69, 9.17) is 0 Å². The lowest BCUT2D eigenvalue weighted by Gasteiger charge is -2.27. The predicted octanol–water partition coefficient (Wildman–Crippen LogP) is 4.38. The zero-order valence-corrected chi connectivity index (χ0v) is 14.7. The van der Waals surface area contributed by atoms with E-state index >= 15 is 0 Å². The number of benzene rings is 1. The molecule has 0 bridgehead atoms. The Morgan fingerprint density at radius 1 is 1.25 bits per heavy atom. The van der Waals surface area contributed by atoms with Gasteiger partial charge in [-0.3, -0.25) is 9.78 Å². The minimum absolute atomic E-state index is 0.257. The van der Waals surface area contributed by atoms with Crippen LogP contribution in [0.25, 0.3) is 0 Å². The summed E-state index contributed by atoms with van der Waals surface area (Å²) >= 11 is 0. The molecule has 0 saturated carbocycles. The molecule has 1 saturated heterocycles. The van der Waals surface area contributed by atoms with E-state index in [1.165, 1.54) is 16.7 Å². The van der Waals surface area contributed by atoms with E-state index in [9.17, 15) is 4.79 Å². The SMILES string of the molecule is Cc1ccc(C)c(C2CCCN2C(=O)CCCc2ccccn2)c1. The molecule has 2 aromatic rings. The number of pyridine rings is 1. The summed E-state index contributed by atoms with van der Waals surface area (Å²) in [6.45, 7) is 5.16. The van der Waals surface area contributed by atoms with Gasteiger partial charge in [-0.15, -0.1) is 0 Å². The average molecular weight is 322 g/mol. The van der Waals surface area contributed by atoms with Crippen LogP contribution >= 0.6 is 0 Å². The number of hydrogen-bond acceptors (Lipinski definition) is 2. The van der Waals surface area contributed by atoms with E-state index in [-0.39, 0.29) is 11.9 Å². The molecule has 1 fully saturated rings. The molecule has 1 aliphatic heterocycles. The van der Waals surface area contributed by atoms with E-state index in [1.807, 2.05) is 24.4 Å². The first-order valence-corrected chi connectivity index (χ1v) is 8.91. The van der Waals surface area contributed by atoms with Gasteiger partial charge in [0.05, 0.1) is 6.04 Å². The molecule has 0 N–H and O–H groups in total. The van der Waals surface area contributed by atoms with E-state index < -0.39 is 0 Å². The van der Waals surface area contributed by atoms with E-state index in [1.54, 1.807) is 0 Å². The van der Waals surface area contributed by atoms with Crippen molar-refractivity contribution in [2.45, 2.75) is 52.0 Å². The monoisotopic (exact) mass is 322 g/mol. The summed E-state index contributed by atoms with van der Waals surface area (Å²) in [5.41, 5.74) is 4.95. The van der Waals surface area contributed by atoms with Crippen molar-refractivity contribution in [2.75, 3.05) is 6.54 Å². The highest BCUT2D eigenvalue weighted by molar-refractivity contribution is 5.77. The van der Waals surface area contributed by atoms with Gasteiger partial charge in [0.2, 0.25) is 5.91 Å². The first-order chi connectivity index (χ1) is 11.6. The lowest BCUT2D eigenvalue weighted by atomic mass is 9.97. The van der Waals surface area contributed by atoms with Gasteiger partial charge in [0, 0.05) is 24.9 Å². The van der Waals surface area contributed by atoms with E-state index in [0.717, 1.165) is 37.9 Å². The third-order valence-electron chi connectivity index (χ3n) is 4.92. The quantitative estimate of drug-likeness (QED) is 0.818. The van der Waals surface area contributed by atoms with Gasteiger partial charge >= 0.3 is 0 Å². The normalized spacial score (nSPS) is 17.2. The number of carbonyl (C=O) groups excluding carboxylic acids is 1. The van der Waals surface area contributed by atoms with Crippen molar-refractivity contribution in [3.63, 3.8) is 0 Å². The van der Waals surface area contributed by atoms with Gasteiger partial charge in [-0.1, -0.05) is 29.8 Å². The fraction of sp³-hybridized carbons (Fsp3) is 0.429. The molecule has 0 spiro atoms. The van der Waals surface area contributed by atoms with Crippen molar-refractivity contribution in [1.29, 1.82) is 0 Å². The van der Waals surface area contributed by atoms with Crippen LogP contribution in [0.4, 0.5) is 0 Å². The van der Waals surface area contributed by atoms with Gasteiger partial charge in [0.15, 0.2) is 0 Å². The molecule has 2 heterocycles. The summed E-state index contributed by atoms with van der Waals surface area (Å²) in [6, 6.07) is 12.8. The molecular weight excluding hydrogens is 296 g/mol. The molecule has 3 rings (SSSR count). The molecule has 1 aromatic heterocycles. The van der Waals surface area contributed by atoms with Crippen molar-refractivity contribution < 1.29 is 4.79 Å². The van der Waals surface area contributed by atoms with Crippen molar-refractivity contribution >= 4 is 5.91 Å². The van der Waals surface area contributed by atoms with Crippen LogP contribution in [0.3, 0.4) is 0 Å². The number of aromatic nitrogens is 1. The van der Waals surface area contributed by atoms with Crippen LogP contribution in [0.1, 0.15) is 54.1 Å². The Hall–Kier alpha value is -2.16. The Morgan fingerprint density at radius 3 is 2.92 bits per heavy atom. The number of nitrogens with zero attached hydrogens (tertiary/aromatic N) is 2. The number of aryl methyl sites for hydroxylation is 3. The summed E-state index contributed by atoms with van der Waals surface area (Å²) in [5, 5.41) is 0. The summed E-state index contributed by atoms with van der Waals surface area (Å²) < 4.78 is 0. The maximum atomic E-state index is 12.7. The second kappa shape index (κ2) is 7.61. The Kier molecular flexibility index (Phi) is 5.29. The Labute approximate surface area is 144 Å². The Morgan fingerprint density at radius 2 is 2.12 bits per heavy atom. The second-order valence-electron chi connectivity index (χ2n) is 6.78. The lowest BCUT2D eigenvalue weighted by molar-refractivity contribution is -0.132. The number of carbonyl (C=O) groups is 1. The first kappa shape index (κ1) is 16.7. The number of rotatable bonds is 5. The smallest absolute Gasteiger partial charge is 0.223 e. The largest absolute Gasteiger partial charge is 0.336 e. The average Bonchev–Trinajstić information content (AvgIpc) is 3.07. The fourth-order valence-electron chi connectivity index (χ4n) is 3.62. The third-order valence-corrected chi connectivity index (χ3v) is 4.92. The van der Waals surface area contributed by atoms with Crippen molar-refractivity contribution in [1.82, 2.24) is 9.88 Å². The van der Waals surface area contributed by atoms with Crippen molar-refractivity contribution in [3.05, 3.63) is 65.0 Å². The van der Waals surface area contributed by atoms with Gasteiger partial charge in [0.1, 0.15) is 0 Å². The zero-order valence-electron chi connectivity index (χ0n) is 14.7. The van der Waals surface area contributed by atoms with Crippen LogP contribution in [0, 0.1) is 13.8 Å². The third kappa shape index (κ3) is 3.84. The summed E-state index contributed by atoms with van der Waals surface area (Å²) in [7, 11) is 0. The van der Waals surface area contributed by atoms with Crippen LogP contribution in [0.2, 0.25) is 0 Å². The highest BCUT2D eigenvalue weighted by Crippen LogP contribution is 2.34. The molecule has 0 radical (unpaired) electrons. The topological polar surface area (TPSA) is 33.2 Å². The number of hydrogen-bond donors (Lipinski definition) is 0. The Balaban J connectivity index is 1.62. The van der Waals surface area contributed by atoms with Gasteiger partial charge in [-0.05, 0) is 62.8 Å². The summed E-state index contributed by atoms with van der Waals surface area (Å²) in [6.07, 6.45) is 6.34. The molecule has 1 aromatic carbocycles. The summed E-state index contributed by atoms with van der Waals surface area (Å²) in [5.74, 6) is 0.286. The van der Waals surface area contributed by atoms with Crippen LogP contribution in [-0.2, 0) is 11.2 Å². The minimum Gasteiger partial charge on any atom is -0.336 e. The van der Waals surface area contributed by atoms with Crippen LogP contribution in [0.15, 0.2) is 42.6 Å². The zero-order chi connectivity index (χ0) is 16.9. The van der Waals surface area contributed by atoms with E-state index in [0.29, 0.717) is 6.42 Å². The van der Waals surface area contributed by atoms with Crippen LogP contribution < -0.4 is 0 Å². The maximum Gasteiger partial charge on any atom is 0.223 e. The van der Waals surface area contributed by atoms with Gasteiger partial charge < -0.3 is 4.90 Å². The van der Waals surface area contributed by atoms with Crippen LogP contribution in [0.5, 0.6) is 0 Å². The molecular formula is C21H26N2O. The molecule has 3 heteroatoms. The standard InChI is InChI=1S/C21H26N2O/c1-16-11-12-17(2)19(15-16)20-9-6-14-23(20)21(24)10-5-8-18-7-3-4-13-22-18/h3-4,7,11-13,15,20H,5-6,8-10,14H2,1-2H3. The lowest BCUT2D eigenvalue weighted by Crippen LogP contribution is -2.30. The highest BCUT2D eigenvalue weighted by atomic mass is 16.2. The molecule has 3 nitrogen and oxygen atoms in total. The molecule has 1 atom stereocenters. The summed E-state index contributed by atoms with van der Waals surface area (Å²) in [4.78, 5) is 19.2. The molecule has 1 amide bonds. The van der Waals surface area contributed by atoms with Gasteiger partial charge in [-0.25, -0.2) is 0 Å². The molecule has 126 valence electrons. The molecule has 24 heavy (non-hydrogen) atoms. The fourth-order valence-corrected chi connectivity index (χ4v) is 3.62. The number of amides is 1. The highest BCUT2D eigenvalue weighted by Gasteiger charge is 2.30. The second-order valence-corrected chi connectivity index (χ2v) is 6.78. The molecule has 1 unspecified atom stereocenters. The molecule has 1 aliphatic rings. The Bertz CT molecular complexity index is 696. The van der Waals surface area contributed by atoms with Gasteiger partial charge in [-0.2, -0.15) is 0 Å². The van der Waals surface area contributed by atoms with Gasteiger partial charge in [0.25, 0.3) is 0 Å². The van der Waals surface area contributed by atoms with E-state index in [2.05, 4.69) is 41.9 Å². The van der Waals surface area contributed by atoms with Crippen LogP contribution in [-0.4, -0.2) is 22.3 Å². The molecule has 0 aliphatic carbocycles. The first-order valence-electron chi connectivity index (χ1n) is 8.91. The van der Waals surface area contributed by atoms with Crippen molar-refractivity contribution in [3.8, 4) is 0 Å². The predicted molar refractivity (Wildman–Crippen MR) is 96.8 cm³/mol.